The average Bonchev–Trinajstić information content (AvgIpc) is 3.38. The molecule has 1 aliphatic carbocycles. The van der Waals surface area contributed by atoms with Crippen LogP contribution in [-0.2, 0) is 9.59 Å². The van der Waals surface area contributed by atoms with Gasteiger partial charge in [-0.1, -0.05) is 13.8 Å². The van der Waals surface area contributed by atoms with Crippen molar-refractivity contribution < 1.29 is 9.59 Å². The van der Waals surface area contributed by atoms with Crippen molar-refractivity contribution in [1.29, 1.82) is 0 Å². The van der Waals surface area contributed by atoms with Crippen molar-refractivity contribution in [3.8, 4) is 0 Å². The molecule has 24 heavy (non-hydrogen) atoms. The number of rotatable bonds is 6. The lowest BCUT2D eigenvalue weighted by Crippen LogP contribution is -2.47. The fourth-order valence-electron chi connectivity index (χ4n) is 4.10. The monoisotopic (exact) mass is 335 g/mol. The predicted molar refractivity (Wildman–Crippen MR) is 94.5 cm³/mol. The van der Waals surface area contributed by atoms with Crippen LogP contribution in [0.15, 0.2) is 0 Å². The van der Waals surface area contributed by atoms with Gasteiger partial charge in [0.15, 0.2) is 0 Å². The SMILES string of the molecule is CC(C)CN1CCC(CNC(=O)C2CCC(=O)N(C3CC3)C2)CC1. The van der Waals surface area contributed by atoms with Gasteiger partial charge in [0.05, 0.1) is 5.92 Å². The number of nitrogens with zero attached hydrogens (tertiary/aromatic N) is 2. The highest BCUT2D eigenvalue weighted by molar-refractivity contribution is 5.84. The maximum absolute atomic E-state index is 12.5. The third-order valence-electron chi connectivity index (χ3n) is 5.70. The van der Waals surface area contributed by atoms with E-state index in [4.69, 9.17) is 0 Å². The molecule has 5 nitrogen and oxygen atoms in total. The van der Waals surface area contributed by atoms with Crippen LogP contribution in [0.3, 0.4) is 0 Å². The van der Waals surface area contributed by atoms with Crippen molar-refractivity contribution in [1.82, 2.24) is 15.1 Å². The van der Waals surface area contributed by atoms with Gasteiger partial charge in [0.2, 0.25) is 11.8 Å². The van der Waals surface area contributed by atoms with E-state index in [2.05, 4.69) is 24.1 Å². The standard InChI is InChI=1S/C19H33N3O2/c1-14(2)12-21-9-7-15(8-10-21)11-20-19(24)16-3-6-18(23)22(13-16)17-4-5-17/h14-17H,3-13H2,1-2H3,(H,20,24). The Balaban J connectivity index is 1.37. The van der Waals surface area contributed by atoms with Crippen LogP contribution in [0.1, 0.15) is 52.4 Å². The third kappa shape index (κ3) is 4.71. The Morgan fingerprint density at radius 1 is 1.17 bits per heavy atom. The molecule has 3 rings (SSSR count). The van der Waals surface area contributed by atoms with E-state index in [9.17, 15) is 9.59 Å². The number of hydrogen-bond donors (Lipinski definition) is 1. The largest absolute Gasteiger partial charge is 0.356 e. The topological polar surface area (TPSA) is 52.7 Å². The van der Waals surface area contributed by atoms with E-state index in [1.807, 2.05) is 4.90 Å². The Labute approximate surface area is 146 Å². The fraction of sp³-hybridized carbons (Fsp3) is 0.895. The summed E-state index contributed by atoms with van der Waals surface area (Å²) >= 11 is 0. The molecule has 1 atom stereocenters. The van der Waals surface area contributed by atoms with Gasteiger partial charge in [0.1, 0.15) is 0 Å². The first-order chi connectivity index (χ1) is 11.5. The molecule has 3 fully saturated rings. The zero-order valence-electron chi connectivity index (χ0n) is 15.3. The Bertz CT molecular complexity index is 454. The maximum Gasteiger partial charge on any atom is 0.224 e. The van der Waals surface area contributed by atoms with Crippen molar-refractivity contribution in [3.05, 3.63) is 0 Å². The molecule has 2 aliphatic heterocycles. The molecule has 1 saturated carbocycles. The minimum atomic E-state index is 0.00401. The molecule has 2 amide bonds. The van der Waals surface area contributed by atoms with Crippen LogP contribution in [0, 0.1) is 17.8 Å². The van der Waals surface area contributed by atoms with E-state index in [-0.39, 0.29) is 17.7 Å². The number of hydrogen-bond acceptors (Lipinski definition) is 3. The molecule has 1 unspecified atom stereocenters. The van der Waals surface area contributed by atoms with Crippen LogP contribution < -0.4 is 5.32 Å². The van der Waals surface area contributed by atoms with Gasteiger partial charge in [-0.2, -0.15) is 0 Å². The third-order valence-corrected chi connectivity index (χ3v) is 5.70. The first-order valence-corrected chi connectivity index (χ1v) is 9.82. The summed E-state index contributed by atoms with van der Waals surface area (Å²) in [5.74, 6) is 1.76. The first-order valence-electron chi connectivity index (χ1n) is 9.82. The summed E-state index contributed by atoms with van der Waals surface area (Å²) in [6.45, 7) is 9.49. The Hall–Kier alpha value is -1.10. The Morgan fingerprint density at radius 2 is 1.88 bits per heavy atom. The van der Waals surface area contributed by atoms with Gasteiger partial charge in [-0.05, 0) is 57.0 Å². The zero-order valence-corrected chi connectivity index (χ0v) is 15.3. The molecule has 0 radical (unpaired) electrons. The van der Waals surface area contributed by atoms with Crippen LogP contribution in [0.25, 0.3) is 0 Å². The van der Waals surface area contributed by atoms with Crippen molar-refractivity contribution >= 4 is 11.8 Å². The summed E-state index contributed by atoms with van der Waals surface area (Å²) in [5, 5.41) is 3.18. The zero-order chi connectivity index (χ0) is 17.1. The lowest BCUT2D eigenvalue weighted by atomic mass is 9.94. The first kappa shape index (κ1) is 17.7. The number of carbonyl (C=O) groups is 2. The van der Waals surface area contributed by atoms with Gasteiger partial charge in [-0.3, -0.25) is 9.59 Å². The van der Waals surface area contributed by atoms with Gasteiger partial charge in [-0.25, -0.2) is 0 Å². The highest BCUT2D eigenvalue weighted by Crippen LogP contribution is 2.31. The van der Waals surface area contributed by atoms with E-state index in [1.54, 1.807) is 0 Å². The number of carbonyl (C=O) groups excluding carboxylic acids is 2. The molecule has 0 aromatic rings. The molecule has 0 aromatic carbocycles. The molecule has 5 heteroatoms. The molecule has 0 bridgehead atoms. The molecule has 2 saturated heterocycles. The Kier molecular flexibility index (Phi) is 5.80. The number of nitrogens with one attached hydrogen (secondary N) is 1. The predicted octanol–water partition coefficient (Wildman–Crippen LogP) is 1.87. The van der Waals surface area contributed by atoms with Crippen LogP contribution >= 0.6 is 0 Å². The van der Waals surface area contributed by atoms with Gasteiger partial charge >= 0.3 is 0 Å². The summed E-state index contributed by atoms with van der Waals surface area (Å²) in [6.07, 6.45) is 5.88. The van der Waals surface area contributed by atoms with E-state index in [0.717, 1.165) is 44.8 Å². The maximum atomic E-state index is 12.5. The second-order valence-electron chi connectivity index (χ2n) is 8.40. The molecule has 0 spiro atoms. The minimum absolute atomic E-state index is 0.00401. The van der Waals surface area contributed by atoms with Gasteiger partial charge in [-0.15, -0.1) is 0 Å². The smallest absolute Gasteiger partial charge is 0.224 e. The summed E-state index contributed by atoms with van der Waals surface area (Å²) in [4.78, 5) is 28.9. The second-order valence-corrected chi connectivity index (χ2v) is 8.40. The van der Waals surface area contributed by atoms with Crippen LogP contribution in [0.4, 0.5) is 0 Å². The Morgan fingerprint density at radius 3 is 2.50 bits per heavy atom. The average molecular weight is 335 g/mol. The number of likely N-dealkylation sites (tertiary alicyclic amines) is 2. The molecule has 3 aliphatic rings. The van der Waals surface area contributed by atoms with Gasteiger partial charge < -0.3 is 15.1 Å². The lowest BCUT2D eigenvalue weighted by Gasteiger charge is -2.34. The van der Waals surface area contributed by atoms with E-state index < -0.39 is 0 Å². The number of piperidine rings is 2. The van der Waals surface area contributed by atoms with E-state index >= 15 is 0 Å². The summed E-state index contributed by atoms with van der Waals surface area (Å²) in [5.41, 5.74) is 0. The van der Waals surface area contributed by atoms with Crippen molar-refractivity contribution in [2.45, 2.75) is 58.4 Å². The van der Waals surface area contributed by atoms with Crippen LogP contribution in [-0.4, -0.2) is 60.4 Å². The molecule has 1 N–H and O–H groups in total. The van der Waals surface area contributed by atoms with E-state index in [1.165, 1.54) is 19.4 Å². The van der Waals surface area contributed by atoms with Crippen molar-refractivity contribution in [2.75, 3.05) is 32.7 Å². The molecule has 0 aromatic heterocycles. The second kappa shape index (κ2) is 7.85. The minimum Gasteiger partial charge on any atom is -0.356 e. The van der Waals surface area contributed by atoms with Crippen LogP contribution in [0.5, 0.6) is 0 Å². The molecule has 136 valence electrons. The molecular formula is C19H33N3O2. The fourth-order valence-corrected chi connectivity index (χ4v) is 4.10. The molecule has 2 heterocycles. The normalized spacial score (nSPS) is 26.9. The van der Waals surface area contributed by atoms with Gasteiger partial charge in [0, 0.05) is 32.1 Å². The lowest BCUT2D eigenvalue weighted by molar-refractivity contribution is -0.138. The molecular weight excluding hydrogens is 302 g/mol. The van der Waals surface area contributed by atoms with Crippen LogP contribution in [0.2, 0.25) is 0 Å². The summed E-state index contributed by atoms with van der Waals surface area (Å²) < 4.78 is 0. The quantitative estimate of drug-likeness (QED) is 0.806. The van der Waals surface area contributed by atoms with E-state index in [0.29, 0.717) is 24.9 Å². The number of amides is 2. The summed E-state index contributed by atoms with van der Waals surface area (Å²) in [6, 6.07) is 0.429. The van der Waals surface area contributed by atoms with Crippen molar-refractivity contribution in [3.63, 3.8) is 0 Å². The van der Waals surface area contributed by atoms with Crippen molar-refractivity contribution in [2.24, 2.45) is 17.8 Å². The highest BCUT2D eigenvalue weighted by Gasteiger charge is 2.38. The van der Waals surface area contributed by atoms with Gasteiger partial charge in [0.25, 0.3) is 0 Å². The summed E-state index contributed by atoms with van der Waals surface area (Å²) in [7, 11) is 0. The highest BCUT2D eigenvalue weighted by atomic mass is 16.2.